The van der Waals surface area contributed by atoms with Gasteiger partial charge in [-0.2, -0.15) is 0 Å². The fourth-order valence-corrected chi connectivity index (χ4v) is 4.23. The summed E-state index contributed by atoms with van der Waals surface area (Å²) in [6.07, 6.45) is 2.05. The first-order chi connectivity index (χ1) is 10.3. The molecule has 110 valence electrons. The van der Waals surface area contributed by atoms with Crippen molar-refractivity contribution in [3.05, 3.63) is 42.0 Å². The Bertz CT molecular complexity index is 669. The van der Waals surface area contributed by atoms with Crippen LogP contribution in [0.3, 0.4) is 0 Å². The average Bonchev–Trinajstić information content (AvgIpc) is 3.08. The van der Waals surface area contributed by atoms with Gasteiger partial charge in [0.15, 0.2) is 0 Å². The molecule has 2 aliphatic rings. The van der Waals surface area contributed by atoms with E-state index in [0.29, 0.717) is 18.4 Å². The molecule has 0 bridgehead atoms. The zero-order chi connectivity index (χ0) is 14.4. The van der Waals surface area contributed by atoms with Crippen LogP contribution in [0.1, 0.15) is 18.4 Å². The minimum absolute atomic E-state index is 0.102. The molecule has 2 aromatic rings. The van der Waals surface area contributed by atoms with Gasteiger partial charge in [0.05, 0.1) is 6.10 Å². The lowest BCUT2D eigenvalue weighted by Crippen LogP contribution is -2.24. The molecular weight excluding hydrogens is 260 g/mol. The number of nitrogens with zero attached hydrogens (tertiary/aromatic N) is 1. The molecule has 4 rings (SSSR count). The number of rotatable bonds is 2. The van der Waals surface area contributed by atoms with Crippen molar-refractivity contribution in [2.75, 3.05) is 18.0 Å². The van der Waals surface area contributed by atoms with Gasteiger partial charge >= 0.3 is 0 Å². The van der Waals surface area contributed by atoms with E-state index in [1.54, 1.807) is 0 Å². The van der Waals surface area contributed by atoms with Crippen molar-refractivity contribution in [2.24, 2.45) is 17.6 Å². The quantitative estimate of drug-likeness (QED) is 0.890. The Kier molecular flexibility index (Phi) is 3.12. The van der Waals surface area contributed by atoms with Gasteiger partial charge in [0.1, 0.15) is 0 Å². The van der Waals surface area contributed by atoms with E-state index in [1.807, 2.05) is 0 Å². The second-order valence-corrected chi connectivity index (χ2v) is 6.47. The lowest BCUT2D eigenvalue weighted by Gasteiger charge is -2.23. The molecule has 0 spiro atoms. The van der Waals surface area contributed by atoms with Crippen LogP contribution >= 0.6 is 0 Å². The SMILES string of the molecule is NCc1ccc(N2CC3CCC(O)C3C2)c2ccccc12. The predicted molar refractivity (Wildman–Crippen MR) is 86.3 cm³/mol. The maximum atomic E-state index is 10.1. The normalized spacial score (nSPS) is 28.3. The number of anilines is 1. The van der Waals surface area contributed by atoms with Crippen LogP contribution in [-0.2, 0) is 6.54 Å². The summed E-state index contributed by atoms with van der Waals surface area (Å²) < 4.78 is 0. The summed E-state index contributed by atoms with van der Waals surface area (Å²) >= 11 is 0. The van der Waals surface area contributed by atoms with Gasteiger partial charge in [-0.15, -0.1) is 0 Å². The van der Waals surface area contributed by atoms with Crippen molar-refractivity contribution >= 4 is 16.5 Å². The van der Waals surface area contributed by atoms with Gasteiger partial charge in [-0.1, -0.05) is 30.3 Å². The van der Waals surface area contributed by atoms with Crippen LogP contribution < -0.4 is 10.6 Å². The van der Waals surface area contributed by atoms with Crippen LogP contribution in [0.25, 0.3) is 10.8 Å². The summed E-state index contributed by atoms with van der Waals surface area (Å²) in [5, 5.41) is 12.7. The van der Waals surface area contributed by atoms with Crippen LogP contribution in [0.4, 0.5) is 5.69 Å². The van der Waals surface area contributed by atoms with Gasteiger partial charge < -0.3 is 15.7 Å². The van der Waals surface area contributed by atoms with Gasteiger partial charge in [0.2, 0.25) is 0 Å². The number of hydrogen-bond donors (Lipinski definition) is 2. The lowest BCUT2D eigenvalue weighted by atomic mass is 10.00. The highest BCUT2D eigenvalue weighted by molar-refractivity contribution is 5.96. The van der Waals surface area contributed by atoms with Crippen molar-refractivity contribution in [1.29, 1.82) is 0 Å². The van der Waals surface area contributed by atoms with E-state index in [4.69, 9.17) is 5.73 Å². The number of fused-ring (bicyclic) bond motifs is 2. The van der Waals surface area contributed by atoms with Gasteiger partial charge in [-0.3, -0.25) is 0 Å². The number of nitrogens with two attached hydrogens (primary N) is 1. The highest BCUT2D eigenvalue weighted by atomic mass is 16.3. The van der Waals surface area contributed by atoms with Crippen molar-refractivity contribution in [2.45, 2.75) is 25.5 Å². The number of hydrogen-bond acceptors (Lipinski definition) is 3. The second kappa shape index (κ2) is 5.00. The Hall–Kier alpha value is -1.58. The maximum Gasteiger partial charge on any atom is 0.0588 e. The molecule has 3 unspecified atom stereocenters. The van der Waals surface area contributed by atoms with Gasteiger partial charge in [-0.25, -0.2) is 0 Å². The summed E-state index contributed by atoms with van der Waals surface area (Å²) in [6.45, 7) is 2.64. The van der Waals surface area contributed by atoms with Gasteiger partial charge in [0.25, 0.3) is 0 Å². The van der Waals surface area contributed by atoms with Gasteiger partial charge in [0, 0.05) is 36.6 Å². The second-order valence-electron chi connectivity index (χ2n) is 6.47. The largest absolute Gasteiger partial charge is 0.393 e. The summed E-state index contributed by atoms with van der Waals surface area (Å²) in [4.78, 5) is 2.46. The average molecular weight is 282 g/mol. The molecule has 0 radical (unpaired) electrons. The monoisotopic (exact) mass is 282 g/mol. The number of aliphatic hydroxyl groups is 1. The van der Waals surface area contributed by atoms with Crippen LogP contribution in [0, 0.1) is 11.8 Å². The summed E-state index contributed by atoms with van der Waals surface area (Å²) in [6, 6.07) is 12.9. The molecule has 1 aliphatic heterocycles. The minimum Gasteiger partial charge on any atom is -0.393 e. The van der Waals surface area contributed by atoms with Crippen molar-refractivity contribution in [3.63, 3.8) is 0 Å². The third kappa shape index (κ3) is 2.03. The van der Waals surface area contributed by atoms with E-state index >= 15 is 0 Å². The third-order valence-electron chi connectivity index (χ3n) is 5.37. The van der Waals surface area contributed by atoms with E-state index in [9.17, 15) is 5.11 Å². The smallest absolute Gasteiger partial charge is 0.0588 e. The fourth-order valence-electron chi connectivity index (χ4n) is 4.23. The molecule has 0 amide bonds. The minimum atomic E-state index is -0.102. The fraction of sp³-hybridized carbons (Fsp3) is 0.444. The Labute approximate surface area is 125 Å². The summed E-state index contributed by atoms with van der Waals surface area (Å²) in [5.74, 6) is 1.12. The van der Waals surface area contributed by atoms with Crippen LogP contribution in [-0.4, -0.2) is 24.3 Å². The maximum absolute atomic E-state index is 10.1. The Morgan fingerprint density at radius 1 is 1.05 bits per heavy atom. The Balaban J connectivity index is 1.75. The third-order valence-corrected chi connectivity index (χ3v) is 5.37. The molecule has 0 aromatic heterocycles. The number of benzene rings is 2. The van der Waals surface area contributed by atoms with E-state index in [0.717, 1.165) is 19.5 Å². The van der Waals surface area contributed by atoms with E-state index in [1.165, 1.54) is 28.4 Å². The highest BCUT2D eigenvalue weighted by Crippen LogP contribution is 2.41. The molecule has 21 heavy (non-hydrogen) atoms. The summed E-state index contributed by atoms with van der Waals surface area (Å²) in [7, 11) is 0. The van der Waals surface area contributed by atoms with Crippen molar-refractivity contribution in [3.8, 4) is 0 Å². The first-order valence-corrected chi connectivity index (χ1v) is 7.91. The highest BCUT2D eigenvalue weighted by Gasteiger charge is 2.42. The number of aliphatic hydroxyl groups excluding tert-OH is 1. The zero-order valence-corrected chi connectivity index (χ0v) is 12.2. The van der Waals surface area contributed by atoms with Crippen LogP contribution in [0.2, 0.25) is 0 Å². The zero-order valence-electron chi connectivity index (χ0n) is 12.2. The van der Waals surface area contributed by atoms with Crippen LogP contribution in [0.15, 0.2) is 36.4 Å². The molecule has 3 N–H and O–H groups in total. The molecule has 1 saturated heterocycles. The lowest BCUT2D eigenvalue weighted by molar-refractivity contribution is 0.133. The molecule has 2 aromatic carbocycles. The topological polar surface area (TPSA) is 49.5 Å². The van der Waals surface area contributed by atoms with Crippen LogP contribution in [0.5, 0.6) is 0 Å². The predicted octanol–water partition coefficient (Wildman–Crippen LogP) is 2.51. The van der Waals surface area contributed by atoms with E-state index < -0.39 is 0 Å². The first kappa shape index (κ1) is 13.1. The molecular formula is C18H22N2O. The van der Waals surface area contributed by atoms with Crippen molar-refractivity contribution in [1.82, 2.24) is 0 Å². The summed E-state index contributed by atoms with van der Waals surface area (Å²) in [5.41, 5.74) is 8.36. The van der Waals surface area contributed by atoms with E-state index in [-0.39, 0.29) is 6.10 Å². The molecule has 3 nitrogen and oxygen atoms in total. The molecule has 2 fully saturated rings. The van der Waals surface area contributed by atoms with E-state index in [2.05, 4.69) is 41.3 Å². The molecule has 1 aliphatic carbocycles. The molecule has 3 atom stereocenters. The molecule has 1 saturated carbocycles. The van der Waals surface area contributed by atoms with Crippen molar-refractivity contribution < 1.29 is 5.11 Å². The Morgan fingerprint density at radius 3 is 2.62 bits per heavy atom. The van der Waals surface area contributed by atoms with Gasteiger partial charge in [-0.05, 0) is 35.8 Å². The first-order valence-electron chi connectivity index (χ1n) is 7.91. The molecule has 1 heterocycles. The standard InChI is InChI=1S/C18H22N2O/c19-9-12-5-7-17(15-4-2-1-3-14(12)15)20-10-13-6-8-18(21)16(13)11-20/h1-5,7,13,16,18,21H,6,8-11,19H2. The Morgan fingerprint density at radius 2 is 1.86 bits per heavy atom. The molecule has 3 heteroatoms.